The fraction of sp³-hybridized carbons (Fsp3) is 0.385. The van der Waals surface area contributed by atoms with Crippen LogP contribution in [0.15, 0.2) is 23.4 Å². The molecule has 1 atom stereocenters. The van der Waals surface area contributed by atoms with E-state index in [1.165, 1.54) is 6.33 Å². The van der Waals surface area contributed by atoms with Gasteiger partial charge >= 0.3 is 0 Å². The van der Waals surface area contributed by atoms with Crippen LogP contribution in [0.3, 0.4) is 0 Å². The van der Waals surface area contributed by atoms with Crippen LogP contribution in [0.4, 0.5) is 5.69 Å². The van der Waals surface area contributed by atoms with Gasteiger partial charge in [0.05, 0.1) is 10.9 Å². The van der Waals surface area contributed by atoms with Gasteiger partial charge in [-0.1, -0.05) is 0 Å². The second-order valence-electron chi connectivity index (χ2n) is 5.12. The third-order valence-corrected chi connectivity index (χ3v) is 4.97. The van der Waals surface area contributed by atoms with Crippen molar-refractivity contribution >= 4 is 15.7 Å². The maximum Gasteiger partial charge on any atom is 0.241 e. The minimum absolute atomic E-state index is 0.189. The zero-order valence-electron chi connectivity index (χ0n) is 12.5. The highest BCUT2D eigenvalue weighted by Crippen LogP contribution is 2.24. The molecule has 1 heterocycles. The van der Waals surface area contributed by atoms with Gasteiger partial charge in [0.25, 0.3) is 0 Å². The molecule has 114 valence electrons. The summed E-state index contributed by atoms with van der Waals surface area (Å²) in [5, 5.41) is 7.66. The number of hydrogen-bond donors (Lipinski definition) is 2. The number of sulfonamides is 1. The van der Waals surface area contributed by atoms with Gasteiger partial charge in [-0.25, -0.2) is 13.1 Å². The average Bonchev–Trinajstić information content (AvgIpc) is 2.79. The molecule has 21 heavy (non-hydrogen) atoms. The first kappa shape index (κ1) is 15.5. The third kappa shape index (κ3) is 3.06. The molecule has 0 aliphatic heterocycles. The highest BCUT2D eigenvalue weighted by molar-refractivity contribution is 7.89. The molecule has 0 amide bonds. The molecule has 1 aromatic heterocycles. The Morgan fingerprint density at radius 1 is 1.33 bits per heavy atom. The van der Waals surface area contributed by atoms with E-state index in [4.69, 9.17) is 5.73 Å². The Labute approximate surface area is 124 Å². The summed E-state index contributed by atoms with van der Waals surface area (Å²) < 4.78 is 29.4. The molecule has 2 aromatic rings. The number of nitrogen functional groups attached to an aromatic ring is 1. The highest BCUT2D eigenvalue weighted by atomic mass is 32.2. The van der Waals surface area contributed by atoms with Crippen molar-refractivity contribution in [1.82, 2.24) is 19.5 Å². The topological polar surface area (TPSA) is 103 Å². The minimum atomic E-state index is -3.69. The lowest BCUT2D eigenvalue weighted by atomic mass is 10.1. The van der Waals surface area contributed by atoms with Crippen LogP contribution in [0.1, 0.15) is 29.9 Å². The van der Waals surface area contributed by atoms with Gasteiger partial charge in [-0.3, -0.25) is 0 Å². The molecule has 0 radical (unpaired) electrons. The van der Waals surface area contributed by atoms with Crippen LogP contribution >= 0.6 is 0 Å². The van der Waals surface area contributed by atoms with Gasteiger partial charge in [-0.05, 0) is 44.0 Å². The molecule has 1 unspecified atom stereocenters. The molecular weight excluding hydrogens is 290 g/mol. The van der Waals surface area contributed by atoms with E-state index in [1.807, 2.05) is 0 Å². The van der Waals surface area contributed by atoms with E-state index in [0.717, 1.165) is 5.56 Å². The Bertz CT molecular complexity index is 767. The summed E-state index contributed by atoms with van der Waals surface area (Å²) in [6.45, 7) is 5.22. The average molecular weight is 309 g/mol. The van der Waals surface area contributed by atoms with Crippen LogP contribution in [-0.2, 0) is 17.1 Å². The van der Waals surface area contributed by atoms with Crippen molar-refractivity contribution in [2.45, 2.75) is 31.7 Å². The summed E-state index contributed by atoms with van der Waals surface area (Å²) in [5.74, 6) is 0.539. The summed E-state index contributed by atoms with van der Waals surface area (Å²) in [7, 11) is -1.93. The summed E-state index contributed by atoms with van der Waals surface area (Å²) in [6.07, 6.45) is 1.52. The smallest absolute Gasteiger partial charge is 0.241 e. The van der Waals surface area contributed by atoms with Gasteiger partial charge < -0.3 is 10.3 Å². The quantitative estimate of drug-likeness (QED) is 0.822. The predicted molar refractivity (Wildman–Crippen MR) is 80.1 cm³/mol. The van der Waals surface area contributed by atoms with E-state index in [2.05, 4.69) is 14.9 Å². The predicted octanol–water partition coefficient (Wildman–Crippen LogP) is 1.05. The van der Waals surface area contributed by atoms with Gasteiger partial charge in [0.1, 0.15) is 12.2 Å². The molecular formula is C13H19N5O2S. The fourth-order valence-electron chi connectivity index (χ4n) is 2.16. The van der Waals surface area contributed by atoms with Crippen LogP contribution in [0.2, 0.25) is 0 Å². The zero-order chi connectivity index (χ0) is 15.8. The molecule has 0 saturated carbocycles. The lowest BCUT2D eigenvalue weighted by Gasteiger charge is -2.16. The number of hydrogen-bond acceptors (Lipinski definition) is 5. The number of benzene rings is 1. The van der Waals surface area contributed by atoms with Gasteiger partial charge in [-0.15, -0.1) is 10.2 Å². The monoisotopic (exact) mass is 309 g/mol. The fourth-order valence-corrected chi connectivity index (χ4v) is 3.72. The van der Waals surface area contributed by atoms with E-state index >= 15 is 0 Å². The van der Waals surface area contributed by atoms with Gasteiger partial charge in [0.15, 0.2) is 0 Å². The molecule has 8 heteroatoms. The van der Waals surface area contributed by atoms with E-state index in [9.17, 15) is 8.42 Å². The molecule has 3 N–H and O–H groups in total. The first-order valence-corrected chi connectivity index (χ1v) is 7.93. The SMILES string of the molecule is Cc1cc(N)c(C)c(S(=O)(=O)NC(C)c2nncn2C)c1. The number of nitrogens with two attached hydrogens (primary N) is 1. The minimum Gasteiger partial charge on any atom is -0.398 e. The Hall–Kier alpha value is -1.93. The molecule has 2 rings (SSSR count). The number of nitrogens with one attached hydrogen (secondary N) is 1. The number of anilines is 1. The van der Waals surface area contributed by atoms with Gasteiger partial charge in [0, 0.05) is 12.7 Å². The Morgan fingerprint density at radius 3 is 2.57 bits per heavy atom. The lowest BCUT2D eigenvalue weighted by molar-refractivity contribution is 0.552. The molecule has 0 aliphatic carbocycles. The lowest BCUT2D eigenvalue weighted by Crippen LogP contribution is -2.29. The standard InChI is InChI=1S/C13H19N5O2S/c1-8-5-11(14)9(2)12(6-8)21(19,20)17-10(3)13-16-15-7-18(13)4/h5-7,10,17H,14H2,1-4H3. The van der Waals surface area contributed by atoms with E-state index in [1.54, 1.807) is 44.5 Å². The van der Waals surface area contributed by atoms with Crippen molar-refractivity contribution in [1.29, 1.82) is 0 Å². The van der Waals surface area contributed by atoms with Gasteiger partial charge in [-0.2, -0.15) is 0 Å². The first-order chi connectivity index (χ1) is 9.72. The van der Waals surface area contributed by atoms with Crippen molar-refractivity contribution in [3.05, 3.63) is 35.4 Å². The van der Waals surface area contributed by atoms with Crippen molar-refractivity contribution in [3.8, 4) is 0 Å². The zero-order valence-corrected chi connectivity index (χ0v) is 13.3. The molecule has 0 saturated heterocycles. The molecule has 7 nitrogen and oxygen atoms in total. The van der Waals surface area contributed by atoms with Crippen LogP contribution < -0.4 is 10.5 Å². The largest absolute Gasteiger partial charge is 0.398 e. The first-order valence-electron chi connectivity index (χ1n) is 6.45. The normalized spacial score (nSPS) is 13.3. The van der Waals surface area contributed by atoms with Crippen LogP contribution in [0.25, 0.3) is 0 Å². The molecule has 0 spiro atoms. The highest BCUT2D eigenvalue weighted by Gasteiger charge is 2.23. The number of aromatic nitrogens is 3. The summed E-state index contributed by atoms with van der Waals surface area (Å²) >= 11 is 0. The van der Waals surface area contributed by atoms with E-state index in [-0.39, 0.29) is 4.90 Å². The Kier molecular flexibility index (Phi) is 4.02. The van der Waals surface area contributed by atoms with Crippen molar-refractivity contribution in [3.63, 3.8) is 0 Å². The van der Waals surface area contributed by atoms with Crippen molar-refractivity contribution in [2.24, 2.45) is 7.05 Å². The summed E-state index contributed by atoms with van der Waals surface area (Å²) in [5.41, 5.74) is 7.65. The van der Waals surface area contributed by atoms with Crippen LogP contribution in [0, 0.1) is 13.8 Å². The van der Waals surface area contributed by atoms with Crippen LogP contribution in [0.5, 0.6) is 0 Å². The third-order valence-electron chi connectivity index (χ3n) is 3.30. The second-order valence-corrected chi connectivity index (χ2v) is 6.80. The maximum atomic E-state index is 12.6. The number of rotatable bonds is 4. The van der Waals surface area contributed by atoms with Crippen molar-refractivity contribution in [2.75, 3.05) is 5.73 Å². The Morgan fingerprint density at radius 2 is 2.00 bits per heavy atom. The van der Waals surface area contributed by atoms with Crippen molar-refractivity contribution < 1.29 is 8.42 Å². The number of nitrogens with zero attached hydrogens (tertiary/aromatic N) is 3. The van der Waals surface area contributed by atoms with Gasteiger partial charge in [0.2, 0.25) is 10.0 Å². The molecule has 1 aromatic carbocycles. The summed E-state index contributed by atoms with van der Waals surface area (Å²) in [6, 6.07) is 2.86. The Balaban J connectivity index is 2.38. The summed E-state index contributed by atoms with van der Waals surface area (Å²) in [4.78, 5) is 0.189. The van der Waals surface area contributed by atoms with Crippen LogP contribution in [-0.4, -0.2) is 23.2 Å². The number of aryl methyl sites for hydroxylation is 2. The second kappa shape index (κ2) is 5.45. The molecule has 0 aliphatic rings. The molecule has 0 fully saturated rings. The maximum absolute atomic E-state index is 12.6. The van der Waals surface area contributed by atoms with E-state index in [0.29, 0.717) is 17.1 Å². The van der Waals surface area contributed by atoms with E-state index < -0.39 is 16.1 Å². The molecule has 0 bridgehead atoms.